The van der Waals surface area contributed by atoms with Crippen LogP contribution in [0.5, 0.6) is 0 Å². The minimum Gasteiger partial charge on any atom is -0.287 e. The zero-order chi connectivity index (χ0) is 11.6. The Hall–Kier alpha value is 1.36. The first-order valence-corrected chi connectivity index (χ1v) is 8.64. The number of hydrogen-bond donors (Lipinski definition) is 0. The molecule has 0 aromatic carbocycles. The SMILES string of the molecule is O=P(OCCCl)(OCCBr)OCCCBr. The molecule has 0 N–H and O–H groups in total. The van der Waals surface area contributed by atoms with Crippen LogP contribution < -0.4 is 0 Å². The highest BCUT2D eigenvalue weighted by Gasteiger charge is 2.25. The molecule has 1 unspecified atom stereocenters. The van der Waals surface area contributed by atoms with Crippen LogP contribution in [0, 0.1) is 0 Å². The van der Waals surface area contributed by atoms with Gasteiger partial charge in [0, 0.05) is 16.5 Å². The molecule has 4 nitrogen and oxygen atoms in total. The summed E-state index contributed by atoms with van der Waals surface area (Å²) < 4.78 is 26.9. The Kier molecular flexibility index (Phi) is 11.5. The Morgan fingerprint density at radius 2 is 1.60 bits per heavy atom. The van der Waals surface area contributed by atoms with Gasteiger partial charge in [-0.25, -0.2) is 4.57 Å². The molecular formula is C7H14Br2ClO4P. The zero-order valence-electron chi connectivity index (χ0n) is 8.16. The van der Waals surface area contributed by atoms with Gasteiger partial charge in [-0.05, 0) is 6.42 Å². The van der Waals surface area contributed by atoms with Gasteiger partial charge >= 0.3 is 7.82 Å². The topological polar surface area (TPSA) is 44.8 Å². The van der Waals surface area contributed by atoms with Crippen molar-refractivity contribution in [3.05, 3.63) is 0 Å². The molecule has 0 amide bonds. The van der Waals surface area contributed by atoms with E-state index in [0.29, 0.717) is 11.9 Å². The molecule has 92 valence electrons. The quantitative estimate of drug-likeness (QED) is 0.326. The molecule has 0 saturated carbocycles. The Morgan fingerprint density at radius 3 is 2.13 bits per heavy atom. The van der Waals surface area contributed by atoms with Crippen LogP contribution in [0.4, 0.5) is 0 Å². The van der Waals surface area contributed by atoms with Gasteiger partial charge < -0.3 is 0 Å². The van der Waals surface area contributed by atoms with Crippen molar-refractivity contribution >= 4 is 51.3 Å². The fourth-order valence-electron chi connectivity index (χ4n) is 0.635. The summed E-state index contributed by atoms with van der Waals surface area (Å²) in [5.41, 5.74) is 0. The van der Waals surface area contributed by atoms with Crippen LogP contribution in [0.1, 0.15) is 6.42 Å². The van der Waals surface area contributed by atoms with E-state index in [1.54, 1.807) is 0 Å². The lowest BCUT2D eigenvalue weighted by atomic mass is 10.5. The molecule has 0 aromatic rings. The van der Waals surface area contributed by atoms with Crippen molar-refractivity contribution in [1.29, 1.82) is 0 Å². The lowest BCUT2D eigenvalue weighted by Gasteiger charge is -2.16. The lowest BCUT2D eigenvalue weighted by Crippen LogP contribution is -2.05. The van der Waals surface area contributed by atoms with E-state index in [1.807, 2.05) is 0 Å². The molecule has 0 radical (unpaired) electrons. The van der Waals surface area contributed by atoms with Gasteiger partial charge in [-0.15, -0.1) is 11.6 Å². The van der Waals surface area contributed by atoms with E-state index >= 15 is 0 Å². The Labute approximate surface area is 112 Å². The first-order chi connectivity index (χ1) is 7.18. The van der Waals surface area contributed by atoms with Crippen LogP contribution >= 0.6 is 51.3 Å². The highest BCUT2D eigenvalue weighted by Crippen LogP contribution is 2.49. The standard InChI is InChI=1S/C7H14Br2ClO4P/c8-2-1-5-12-15(11,13-6-3-9)14-7-4-10/h1-7H2. The Bertz CT molecular complexity index is 184. The van der Waals surface area contributed by atoms with Crippen LogP contribution in [0.2, 0.25) is 0 Å². The molecular weight excluding hydrogens is 374 g/mol. The van der Waals surface area contributed by atoms with E-state index in [1.165, 1.54) is 0 Å². The maximum Gasteiger partial charge on any atom is 0.474 e. The number of rotatable bonds is 10. The largest absolute Gasteiger partial charge is 0.474 e. The van der Waals surface area contributed by atoms with Crippen molar-refractivity contribution in [2.45, 2.75) is 6.42 Å². The second-order valence-electron chi connectivity index (χ2n) is 2.37. The molecule has 0 aliphatic heterocycles. The lowest BCUT2D eigenvalue weighted by molar-refractivity contribution is 0.123. The molecule has 8 heteroatoms. The molecule has 0 aliphatic rings. The van der Waals surface area contributed by atoms with Crippen molar-refractivity contribution < 1.29 is 18.1 Å². The van der Waals surface area contributed by atoms with Gasteiger partial charge in [0.1, 0.15) is 0 Å². The summed E-state index contributed by atoms with van der Waals surface area (Å²) >= 11 is 11.8. The number of alkyl halides is 3. The predicted octanol–water partition coefficient (Wildman–Crippen LogP) is 3.56. The molecule has 0 saturated heterocycles. The van der Waals surface area contributed by atoms with Crippen LogP contribution in [0.3, 0.4) is 0 Å². The first kappa shape index (κ1) is 16.4. The third-order valence-electron chi connectivity index (χ3n) is 1.18. The fourth-order valence-corrected chi connectivity index (χ4v) is 2.67. The van der Waals surface area contributed by atoms with E-state index in [0.717, 1.165) is 11.8 Å². The molecule has 0 aromatic heterocycles. The first-order valence-electron chi connectivity index (χ1n) is 4.40. The van der Waals surface area contributed by atoms with Crippen LogP contribution in [-0.2, 0) is 18.1 Å². The normalized spacial score (nSPS) is 15.1. The fraction of sp³-hybridized carbons (Fsp3) is 1.00. The van der Waals surface area contributed by atoms with Crippen LogP contribution in [0.15, 0.2) is 0 Å². The van der Waals surface area contributed by atoms with E-state index in [4.69, 9.17) is 25.2 Å². The van der Waals surface area contributed by atoms with Crippen molar-refractivity contribution in [3.8, 4) is 0 Å². The van der Waals surface area contributed by atoms with Gasteiger partial charge in [-0.3, -0.25) is 13.6 Å². The number of phosphoric ester groups is 1. The third kappa shape index (κ3) is 9.10. The van der Waals surface area contributed by atoms with Gasteiger partial charge in [-0.2, -0.15) is 0 Å². The summed E-state index contributed by atoms with van der Waals surface area (Å²) in [6, 6.07) is 0. The Balaban J connectivity index is 3.96. The maximum atomic E-state index is 11.8. The zero-order valence-corrected chi connectivity index (χ0v) is 13.0. The molecule has 0 spiro atoms. The molecule has 1 atom stereocenters. The second-order valence-corrected chi connectivity index (χ2v) is 6.00. The summed E-state index contributed by atoms with van der Waals surface area (Å²) in [6.07, 6.45) is 0.742. The minimum absolute atomic E-state index is 0.148. The van der Waals surface area contributed by atoms with Crippen molar-refractivity contribution in [3.63, 3.8) is 0 Å². The summed E-state index contributed by atoms with van der Waals surface area (Å²) in [6.45, 7) is 0.746. The van der Waals surface area contributed by atoms with Crippen LogP contribution in [0.25, 0.3) is 0 Å². The summed E-state index contributed by atoms with van der Waals surface area (Å²) in [5, 5.41) is 1.35. The highest BCUT2D eigenvalue weighted by molar-refractivity contribution is 9.09. The van der Waals surface area contributed by atoms with Gasteiger partial charge in [0.15, 0.2) is 0 Å². The molecule has 0 heterocycles. The second kappa shape index (κ2) is 10.5. The maximum absolute atomic E-state index is 11.8. The summed E-state index contributed by atoms with van der Waals surface area (Å²) in [4.78, 5) is 0. The minimum atomic E-state index is -3.42. The molecule has 0 bridgehead atoms. The van der Waals surface area contributed by atoms with Crippen molar-refractivity contribution in [2.75, 3.05) is 36.4 Å². The monoisotopic (exact) mass is 386 g/mol. The van der Waals surface area contributed by atoms with Gasteiger partial charge in [-0.1, -0.05) is 31.9 Å². The molecule has 15 heavy (non-hydrogen) atoms. The number of phosphoric acid groups is 1. The van der Waals surface area contributed by atoms with E-state index in [-0.39, 0.29) is 19.1 Å². The predicted molar refractivity (Wildman–Crippen MR) is 68.4 cm³/mol. The molecule has 0 aliphatic carbocycles. The summed E-state index contributed by atoms with van der Waals surface area (Å²) in [7, 11) is -3.42. The highest BCUT2D eigenvalue weighted by atomic mass is 79.9. The third-order valence-corrected chi connectivity index (χ3v) is 3.72. The van der Waals surface area contributed by atoms with E-state index < -0.39 is 7.82 Å². The molecule has 0 fully saturated rings. The smallest absolute Gasteiger partial charge is 0.287 e. The van der Waals surface area contributed by atoms with E-state index in [9.17, 15) is 4.57 Å². The van der Waals surface area contributed by atoms with Gasteiger partial charge in [0.2, 0.25) is 0 Å². The number of halogens is 3. The van der Waals surface area contributed by atoms with Gasteiger partial charge in [0.25, 0.3) is 0 Å². The molecule has 0 rings (SSSR count). The average Bonchev–Trinajstić information content (AvgIpc) is 2.24. The average molecular weight is 388 g/mol. The van der Waals surface area contributed by atoms with E-state index in [2.05, 4.69) is 31.9 Å². The summed E-state index contributed by atoms with van der Waals surface area (Å²) in [5.74, 6) is 0.253. The Morgan fingerprint density at radius 1 is 1.00 bits per heavy atom. The van der Waals surface area contributed by atoms with Crippen LogP contribution in [-0.4, -0.2) is 36.4 Å². The number of hydrogen-bond acceptors (Lipinski definition) is 4. The van der Waals surface area contributed by atoms with Gasteiger partial charge in [0.05, 0.1) is 19.8 Å². The van der Waals surface area contributed by atoms with Crippen molar-refractivity contribution in [2.24, 2.45) is 0 Å². The van der Waals surface area contributed by atoms with Crippen molar-refractivity contribution in [1.82, 2.24) is 0 Å².